The average Bonchev–Trinajstić information content (AvgIpc) is 3.67. The van der Waals surface area contributed by atoms with Gasteiger partial charge in [-0.15, -0.1) is 10.2 Å². The number of aliphatic hydroxyl groups is 1. The molecule has 2 saturated carbocycles. The van der Waals surface area contributed by atoms with Crippen molar-refractivity contribution in [3.05, 3.63) is 72.3 Å². The van der Waals surface area contributed by atoms with Crippen LogP contribution >= 0.6 is 0 Å². The van der Waals surface area contributed by atoms with Crippen LogP contribution in [0.1, 0.15) is 31.2 Å². The molecule has 0 spiro atoms. The number of pyridine rings is 1. The molecule has 5 aromatic rings. The lowest BCUT2D eigenvalue weighted by Crippen LogP contribution is -2.60. The summed E-state index contributed by atoms with van der Waals surface area (Å²) in [4.78, 5) is 10.2. The molecule has 0 atom stereocenters. The predicted octanol–water partition coefficient (Wildman–Crippen LogP) is 4.14. The average molecular weight is 478 g/mol. The molecule has 36 heavy (non-hydrogen) atoms. The number of fused-ring (bicyclic) bond motifs is 3. The highest BCUT2D eigenvalue weighted by molar-refractivity contribution is 5.86. The molecule has 180 valence electrons. The predicted molar refractivity (Wildman–Crippen MR) is 139 cm³/mol. The van der Waals surface area contributed by atoms with E-state index in [0.717, 1.165) is 46.4 Å². The first-order chi connectivity index (χ1) is 17.5. The number of aromatic nitrogens is 5. The Morgan fingerprint density at radius 3 is 2.28 bits per heavy atom. The van der Waals surface area contributed by atoms with Gasteiger partial charge in [-0.25, -0.2) is 14.4 Å². The Morgan fingerprint density at radius 1 is 0.889 bits per heavy atom. The van der Waals surface area contributed by atoms with E-state index in [1.54, 1.807) is 0 Å². The van der Waals surface area contributed by atoms with Crippen molar-refractivity contribution >= 4 is 22.8 Å². The number of nitrogens with zero attached hydrogens (tertiary/aromatic N) is 5. The first kappa shape index (κ1) is 21.4. The summed E-state index contributed by atoms with van der Waals surface area (Å²) in [6.45, 7) is 0. The number of benzene rings is 2. The maximum absolute atomic E-state index is 10.8. The van der Waals surface area contributed by atoms with Crippen LogP contribution in [0, 0.1) is 5.92 Å². The normalized spacial score (nSPS) is 23.6. The van der Waals surface area contributed by atoms with E-state index in [1.807, 2.05) is 53.9 Å². The second kappa shape index (κ2) is 7.56. The third kappa shape index (κ3) is 3.22. The van der Waals surface area contributed by atoms with E-state index in [0.29, 0.717) is 36.0 Å². The highest BCUT2D eigenvalue weighted by Crippen LogP contribution is 2.57. The first-order valence-corrected chi connectivity index (χ1v) is 12.4. The molecule has 0 radical (unpaired) electrons. The summed E-state index contributed by atoms with van der Waals surface area (Å²) < 4.78 is 1.89. The number of nitrogens with one attached hydrogen (secondary N) is 1. The van der Waals surface area contributed by atoms with Gasteiger partial charge in [-0.05, 0) is 49.3 Å². The number of hydrogen-bond acceptors (Lipinski definition) is 7. The zero-order valence-corrected chi connectivity index (χ0v) is 20.0. The Bertz CT molecular complexity index is 1600. The summed E-state index contributed by atoms with van der Waals surface area (Å²) >= 11 is 0. The minimum absolute atomic E-state index is 0.426. The van der Waals surface area contributed by atoms with E-state index in [4.69, 9.17) is 15.7 Å². The van der Waals surface area contributed by atoms with Gasteiger partial charge in [0.05, 0.1) is 17.0 Å². The fourth-order valence-electron chi connectivity index (χ4n) is 5.76. The standard InChI is InChI=1S/C28H27N7O/c1-30-26-34-33-22-14-13-21-25(35(22)26)32-24(17-5-3-2-4-6-17)23(31-21)18-7-9-19(10-8-18)27(29)15-28(36,16-27)20-11-12-20/h2-10,13-14,20,36H,11-12,15-16,29H2,1H3,(H,30,34)/t27-,28-. The summed E-state index contributed by atoms with van der Waals surface area (Å²) in [6.07, 6.45) is 3.48. The molecule has 3 aromatic heterocycles. The molecule has 2 aromatic carbocycles. The fraction of sp³-hybridized carbons (Fsp3) is 0.286. The molecule has 7 rings (SSSR count). The Kier molecular flexibility index (Phi) is 4.49. The number of anilines is 1. The maximum atomic E-state index is 10.8. The van der Waals surface area contributed by atoms with Crippen LogP contribution in [-0.4, -0.2) is 42.3 Å². The third-order valence-corrected chi connectivity index (χ3v) is 7.78. The van der Waals surface area contributed by atoms with Gasteiger partial charge in [-0.2, -0.15) is 0 Å². The molecule has 8 nitrogen and oxygen atoms in total. The zero-order valence-electron chi connectivity index (χ0n) is 20.0. The van der Waals surface area contributed by atoms with Crippen LogP contribution < -0.4 is 11.1 Å². The van der Waals surface area contributed by atoms with Crippen LogP contribution in [0.2, 0.25) is 0 Å². The van der Waals surface area contributed by atoms with Gasteiger partial charge in [0.15, 0.2) is 11.3 Å². The van der Waals surface area contributed by atoms with Crippen molar-refractivity contribution in [1.82, 2.24) is 24.6 Å². The monoisotopic (exact) mass is 477 g/mol. The lowest BCUT2D eigenvalue weighted by Gasteiger charge is -2.52. The molecule has 0 aliphatic heterocycles. The highest BCUT2D eigenvalue weighted by Gasteiger charge is 2.58. The minimum Gasteiger partial charge on any atom is -0.389 e. The lowest BCUT2D eigenvalue weighted by atomic mass is 9.60. The van der Waals surface area contributed by atoms with Gasteiger partial charge in [0, 0.05) is 23.7 Å². The van der Waals surface area contributed by atoms with Crippen molar-refractivity contribution in [3.8, 4) is 22.5 Å². The molecule has 4 N–H and O–H groups in total. The van der Waals surface area contributed by atoms with E-state index in [9.17, 15) is 5.11 Å². The molecule has 0 amide bonds. The topological polar surface area (TPSA) is 114 Å². The van der Waals surface area contributed by atoms with Gasteiger partial charge in [0.2, 0.25) is 5.95 Å². The summed E-state index contributed by atoms with van der Waals surface area (Å²) in [5.41, 5.74) is 12.4. The van der Waals surface area contributed by atoms with E-state index in [1.165, 1.54) is 0 Å². The lowest BCUT2D eigenvalue weighted by molar-refractivity contribution is -0.106. The number of hydrogen-bond donors (Lipinski definition) is 3. The first-order valence-electron chi connectivity index (χ1n) is 12.4. The second-order valence-electron chi connectivity index (χ2n) is 10.3. The summed E-state index contributed by atoms with van der Waals surface area (Å²) in [7, 11) is 1.81. The summed E-state index contributed by atoms with van der Waals surface area (Å²) in [5, 5.41) is 22.4. The molecule has 0 bridgehead atoms. The second-order valence-corrected chi connectivity index (χ2v) is 10.3. The van der Waals surface area contributed by atoms with Crippen molar-refractivity contribution < 1.29 is 5.11 Å². The van der Waals surface area contributed by atoms with Crippen molar-refractivity contribution in [2.24, 2.45) is 11.7 Å². The molecular weight excluding hydrogens is 450 g/mol. The van der Waals surface area contributed by atoms with Crippen molar-refractivity contribution in [3.63, 3.8) is 0 Å². The summed E-state index contributed by atoms with van der Waals surface area (Å²) in [5.74, 6) is 1.04. The van der Waals surface area contributed by atoms with Crippen LogP contribution in [0.25, 0.3) is 39.3 Å². The van der Waals surface area contributed by atoms with Gasteiger partial charge in [0.1, 0.15) is 5.52 Å². The Labute approximate surface area is 208 Å². The molecule has 8 heteroatoms. The molecular formula is C28H27N7O. The molecule has 0 unspecified atom stereocenters. The Morgan fingerprint density at radius 2 is 1.58 bits per heavy atom. The zero-order chi connectivity index (χ0) is 24.5. The Hall–Kier alpha value is -3.88. The van der Waals surface area contributed by atoms with Gasteiger partial charge in [0.25, 0.3) is 0 Å². The fourth-order valence-corrected chi connectivity index (χ4v) is 5.76. The smallest absolute Gasteiger partial charge is 0.230 e. The van der Waals surface area contributed by atoms with Crippen LogP contribution in [0.3, 0.4) is 0 Å². The van der Waals surface area contributed by atoms with E-state index < -0.39 is 11.1 Å². The van der Waals surface area contributed by atoms with Crippen LogP contribution in [-0.2, 0) is 5.54 Å². The minimum atomic E-state index is -0.586. The van der Waals surface area contributed by atoms with E-state index in [-0.39, 0.29) is 0 Å². The van der Waals surface area contributed by atoms with E-state index in [2.05, 4.69) is 39.8 Å². The van der Waals surface area contributed by atoms with Crippen molar-refractivity contribution in [2.45, 2.75) is 36.8 Å². The number of rotatable bonds is 5. The molecule has 2 aliphatic carbocycles. The SMILES string of the molecule is CNc1nnc2ccc3nc(-c4ccc([C@]5(N)C[C@@](O)(C6CC6)C5)cc4)c(-c4ccccc4)nc3n12. The van der Waals surface area contributed by atoms with Crippen molar-refractivity contribution in [1.29, 1.82) is 0 Å². The largest absolute Gasteiger partial charge is 0.389 e. The quantitative estimate of drug-likeness (QED) is 0.349. The van der Waals surface area contributed by atoms with Gasteiger partial charge < -0.3 is 16.2 Å². The third-order valence-electron chi connectivity index (χ3n) is 7.78. The Balaban J connectivity index is 1.35. The summed E-state index contributed by atoms with van der Waals surface area (Å²) in [6, 6.07) is 22.2. The highest BCUT2D eigenvalue weighted by atomic mass is 16.3. The van der Waals surface area contributed by atoms with Crippen molar-refractivity contribution in [2.75, 3.05) is 12.4 Å². The van der Waals surface area contributed by atoms with Crippen LogP contribution in [0.4, 0.5) is 5.95 Å². The molecule has 0 saturated heterocycles. The van der Waals surface area contributed by atoms with Crippen LogP contribution in [0.15, 0.2) is 66.7 Å². The number of nitrogens with two attached hydrogens (primary N) is 1. The molecule has 2 aliphatic rings. The van der Waals surface area contributed by atoms with Gasteiger partial charge in [-0.3, -0.25) is 0 Å². The van der Waals surface area contributed by atoms with Crippen LogP contribution in [0.5, 0.6) is 0 Å². The molecule has 2 fully saturated rings. The van der Waals surface area contributed by atoms with E-state index >= 15 is 0 Å². The van der Waals surface area contributed by atoms with Gasteiger partial charge >= 0.3 is 0 Å². The van der Waals surface area contributed by atoms with Gasteiger partial charge in [-0.1, -0.05) is 54.6 Å². The maximum Gasteiger partial charge on any atom is 0.230 e. The molecule has 3 heterocycles.